The zero-order valence-electron chi connectivity index (χ0n) is 9.97. The van der Waals surface area contributed by atoms with E-state index in [-0.39, 0.29) is 0 Å². The Kier molecular flexibility index (Phi) is 2.41. The summed E-state index contributed by atoms with van der Waals surface area (Å²) < 4.78 is 1.22. The molecule has 0 aliphatic rings. The van der Waals surface area contributed by atoms with Crippen molar-refractivity contribution in [3.8, 4) is 0 Å². The van der Waals surface area contributed by atoms with Crippen molar-refractivity contribution in [2.75, 3.05) is 0 Å². The first-order valence-corrected chi connectivity index (χ1v) is 7.13. The van der Waals surface area contributed by atoms with E-state index < -0.39 is 0 Å². The van der Waals surface area contributed by atoms with Crippen LogP contribution in [-0.2, 0) is 0 Å². The third-order valence-electron chi connectivity index (χ3n) is 3.41. The molecule has 90 valence electrons. The molecule has 0 aliphatic carbocycles. The molecule has 4 aromatic rings. The van der Waals surface area contributed by atoms with Crippen molar-refractivity contribution in [2.45, 2.75) is 0 Å². The molecule has 0 fully saturated rings. The second-order valence-electron chi connectivity index (χ2n) is 4.49. The number of fused-ring (bicyclic) bond motifs is 6. The van der Waals surface area contributed by atoms with Crippen molar-refractivity contribution in [1.29, 1.82) is 0 Å². The van der Waals surface area contributed by atoms with Crippen LogP contribution in [0.5, 0.6) is 0 Å². The van der Waals surface area contributed by atoms with Crippen molar-refractivity contribution in [2.24, 2.45) is 0 Å². The van der Waals surface area contributed by atoms with E-state index in [9.17, 15) is 0 Å². The molecule has 1 aromatic heterocycles. The molecular formula is C16H9IN2. The maximum Gasteiger partial charge on any atom is 0.0972 e. The first kappa shape index (κ1) is 11.1. The van der Waals surface area contributed by atoms with E-state index in [1.165, 1.54) is 25.1 Å². The Morgan fingerprint density at radius 1 is 0.684 bits per heavy atom. The summed E-state index contributed by atoms with van der Waals surface area (Å²) in [6.45, 7) is 0. The van der Waals surface area contributed by atoms with Gasteiger partial charge in [-0.2, -0.15) is 0 Å². The molecule has 3 heteroatoms. The van der Waals surface area contributed by atoms with Crippen molar-refractivity contribution in [1.82, 2.24) is 9.97 Å². The van der Waals surface area contributed by atoms with Gasteiger partial charge in [0.2, 0.25) is 0 Å². The molecular weight excluding hydrogens is 347 g/mol. The van der Waals surface area contributed by atoms with Crippen LogP contribution in [0.4, 0.5) is 0 Å². The minimum absolute atomic E-state index is 0.979. The molecule has 0 amide bonds. The van der Waals surface area contributed by atoms with Gasteiger partial charge in [-0.05, 0) is 45.5 Å². The minimum Gasteiger partial charge on any atom is -0.252 e. The molecule has 1 heterocycles. The highest BCUT2D eigenvalue weighted by molar-refractivity contribution is 14.1. The van der Waals surface area contributed by atoms with Gasteiger partial charge < -0.3 is 0 Å². The Balaban J connectivity index is 2.43. The first-order chi connectivity index (χ1) is 9.34. The lowest BCUT2D eigenvalue weighted by atomic mass is 10.00. The Hall–Kier alpha value is -1.75. The lowest BCUT2D eigenvalue weighted by Gasteiger charge is -2.08. The number of rotatable bonds is 0. The summed E-state index contributed by atoms with van der Waals surface area (Å²) in [4.78, 5) is 9.06. The normalized spacial score (nSPS) is 11.4. The monoisotopic (exact) mass is 356 g/mol. The van der Waals surface area contributed by atoms with Gasteiger partial charge in [0.15, 0.2) is 0 Å². The van der Waals surface area contributed by atoms with E-state index in [1.54, 1.807) is 12.4 Å². The maximum atomic E-state index is 4.53. The SMILES string of the molecule is Ic1ccc2c3ccccc3c3nccnc3c2c1. The quantitative estimate of drug-likeness (QED) is 0.342. The topological polar surface area (TPSA) is 25.8 Å². The Bertz CT molecular complexity index is 896. The van der Waals surface area contributed by atoms with Crippen molar-refractivity contribution in [3.63, 3.8) is 0 Å². The van der Waals surface area contributed by atoms with Gasteiger partial charge in [0.25, 0.3) is 0 Å². The lowest BCUT2D eigenvalue weighted by molar-refractivity contribution is 1.31. The van der Waals surface area contributed by atoms with Crippen LogP contribution >= 0.6 is 22.6 Å². The van der Waals surface area contributed by atoms with Crippen LogP contribution in [0.15, 0.2) is 54.9 Å². The van der Waals surface area contributed by atoms with Gasteiger partial charge in [0.1, 0.15) is 0 Å². The van der Waals surface area contributed by atoms with Gasteiger partial charge >= 0.3 is 0 Å². The molecule has 0 saturated carbocycles. The number of halogens is 1. The number of hydrogen-bond acceptors (Lipinski definition) is 2. The van der Waals surface area contributed by atoms with Gasteiger partial charge in [-0.15, -0.1) is 0 Å². The summed E-state index contributed by atoms with van der Waals surface area (Å²) in [5.41, 5.74) is 1.96. The fourth-order valence-corrected chi connectivity index (χ4v) is 3.10. The summed E-state index contributed by atoms with van der Waals surface area (Å²) in [6.07, 6.45) is 3.52. The molecule has 4 rings (SSSR count). The van der Waals surface area contributed by atoms with E-state index in [1.807, 2.05) is 0 Å². The summed E-state index contributed by atoms with van der Waals surface area (Å²) in [5.74, 6) is 0. The van der Waals surface area contributed by atoms with Gasteiger partial charge in [0.05, 0.1) is 11.0 Å². The molecule has 0 aliphatic heterocycles. The average Bonchev–Trinajstić information content (AvgIpc) is 2.47. The van der Waals surface area contributed by atoms with Crippen LogP contribution in [0, 0.1) is 3.57 Å². The standard InChI is InChI=1S/C16H9IN2/c17-10-5-6-12-11-3-1-2-4-13(11)15-16(14(12)9-10)19-8-7-18-15/h1-9H. The fourth-order valence-electron chi connectivity index (χ4n) is 2.60. The molecule has 0 spiro atoms. The molecule has 0 bridgehead atoms. The second kappa shape index (κ2) is 4.13. The molecule has 0 atom stereocenters. The van der Waals surface area contributed by atoms with E-state index in [2.05, 4.69) is 75.0 Å². The lowest BCUT2D eigenvalue weighted by Crippen LogP contribution is -1.88. The predicted octanol–water partition coefficient (Wildman–Crippen LogP) is 4.54. The van der Waals surface area contributed by atoms with Crippen LogP contribution in [-0.4, -0.2) is 9.97 Å². The van der Waals surface area contributed by atoms with Crippen LogP contribution in [0.2, 0.25) is 0 Å². The molecule has 0 unspecified atom stereocenters. The molecule has 2 nitrogen and oxygen atoms in total. The summed E-state index contributed by atoms with van der Waals surface area (Å²) >= 11 is 2.34. The third-order valence-corrected chi connectivity index (χ3v) is 4.08. The second-order valence-corrected chi connectivity index (χ2v) is 5.73. The summed E-state index contributed by atoms with van der Waals surface area (Å²) in [7, 11) is 0. The Morgan fingerprint density at radius 3 is 2.11 bits per heavy atom. The summed E-state index contributed by atoms with van der Waals surface area (Å²) in [5, 5.41) is 4.82. The van der Waals surface area contributed by atoms with Crippen molar-refractivity contribution < 1.29 is 0 Å². The van der Waals surface area contributed by atoms with Gasteiger partial charge in [-0.1, -0.05) is 30.3 Å². The zero-order valence-corrected chi connectivity index (χ0v) is 12.1. The van der Waals surface area contributed by atoms with E-state index >= 15 is 0 Å². The molecule has 19 heavy (non-hydrogen) atoms. The minimum atomic E-state index is 0.979. The van der Waals surface area contributed by atoms with E-state index in [0.29, 0.717) is 0 Å². The Labute approximate surface area is 123 Å². The maximum absolute atomic E-state index is 4.53. The highest BCUT2D eigenvalue weighted by Gasteiger charge is 2.09. The zero-order chi connectivity index (χ0) is 12.8. The molecule has 0 N–H and O–H groups in total. The average molecular weight is 356 g/mol. The third kappa shape index (κ3) is 1.61. The van der Waals surface area contributed by atoms with Crippen molar-refractivity contribution in [3.05, 3.63) is 58.4 Å². The first-order valence-electron chi connectivity index (χ1n) is 6.05. The molecule has 0 radical (unpaired) electrons. The van der Waals surface area contributed by atoms with Crippen LogP contribution in [0.3, 0.4) is 0 Å². The highest BCUT2D eigenvalue weighted by atomic mass is 127. The molecule has 0 saturated heterocycles. The highest BCUT2D eigenvalue weighted by Crippen LogP contribution is 2.33. The summed E-state index contributed by atoms with van der Waals surface area (Å²) in [6, 6.07) is 14.9. The largest absolute Gasteiger partial charge is 0.252 e. The van der Waals surface area contributed by atoms with E-state index in [4.69, 9.17) is 0 Å². The number of aromatic nitrogens is 2. The van der Waals surface area contributed by atoms with Gasteiger partial charge in [-0.25, -0.2) is 0 Å². The fraction of sp³-hybridized carbons (Fsp3) is 0. The van der Waals surface area contributed by atoms with Crippen LogP contribution < -0.4 is 0 Å². The van der Waals surface area contributed by atoms with E-state index in [0.717, 1.165) is 11.0 Å². The van der Waals surface area contributed by atoms with Crippen LogP contribution in [0.25, 0.3) is 32.6 Å². The van der Waals surface area contributed by atoms with Crippen LogP contribution in [0.1, 0.15) is 0 Å². The number of hydrogen-bond donors (Lipinski definition) is 0. The predicted molar refractivity (Wildman–Crippen MR) is 87.3 cm³/mol. The Morgan fingerprint density at radius 2 is 1.32 bits per heavy atom. The molecule has 3 aromatic carbocycles. The number of nitrogens with zero attached hydrogens (tertiary/aromatic N) is 2. The van der Waals surface area contributed by atoms with Gasteiger partial charge in [-0.3, -0.25) is 9.97 Å². The smallest absolute Gasteiger partial charge is 0.0972 e. The number of benzene rings is 3. The van der Waals surface area contributed by atoms with Gasteiger partial charge in [0, 0.05) is 26.7 Å². The van der Waals surface area contributed by atoms with Crippen molar-refractivity contribution >= 4 is 55.2 Å².